The summed E-state index contributed by atoms with van der Waals surface area (Å²) in [6.07, 6.45) is 0. The van der Waals surface area contributed by atoms with Gasteiger partial charge in [-0.15, -0.1) is 11.3 Å². The van der Waals surface area contributed by atoms with Crippen molar-refractivity contribution in [3.05, 3.63) is 35.2 Å². The Morgan fingerprint density at radius 1 is 1.50 bits per heavy atom. The molecule has 0 bridgehead atoms. The molecule has 0 atom stereocenters. The van der Waals surface area contributed by atoms with Crippen LogP contribution < -0.4 is 0 Å². The SMILES string of the molecule is CN(Cc1csc2ccccc12)C(=O)C#N. The Labute approximate surface area is 97.5 Å². The zero-order chi connectivity index (χ0) is 11.5. The molecule has 0 spiro atoms. The van der Waals surface area contributed by atoms with Crippen LogP contribution in [0, 0.1) is 11.3 Å². The third-order valence-electron chi connectivity index (χ3n) is 2.41. The first-order valence-corrected chi connectivity index (χ1v) is 5.70. The third kappa shape index (κ3) is 1.90. The maximum Gasteiger partial charge on any atom is 0.325 e. The van der Waals surface area contributed by atoms with Crippen LogP contribution in [-0.2, 0) is 11.3 Å². The molecule has 4 heteroatoms. The summed E-state index contributed by atoms with van der Waals surface area (Å²) in [5.74, 6) is -0.504. The molecule has 0 unspecified atom stereocenters. The molecule has 0 N–H and O–H groups in total. The first-order valence-electron chi connectivity index (χ1n) is 4.82. The number of hydrogen-bond donors (Lipinski definition) is 0. The fourth-order valence-electron chi connectivity index (χ4n) is 1.57. The number of carbonyl (C=O) groups is 1. The van der Waals surface area contributed by atoms with Crippen LogP contribution in [0.3, 0.4) is 0 Å². The van der Waals surface area contributed by atoms with E-state index in [-0.39, 0.29) is 0 Å². The number of nitriles is 1. The van der Waals surface area contributed by atoms with E-state index in [1.165, 1.54) is 9.60 Å². The van der Waals surface area contributed by atoms with Crippen molar-refractivity contribution in [3.63, 3.8) is 0 Å². The van der Waals surface area contributed by atoms with Crippen molar-refractivity contribution in [2.45, 2.75) is 6.54 Å². The lowest BCUT2D eigenvalue weighted by Gasteiger charge is -2.11. The molecule has 0 radical (unpaired) electrons. The zero-order valence-electron chi connectivity index (χ0n) is 8.80. The molecule has 0 aliphatic carbocycles. The van der Waals surface area contributed by atoms with Gasteiger partial charge in [0.2, 0.25) is 0 Å². The molecule has 1 heterocycles. The first-order chi connectivity index (χ1) is 7.72. The smallest absolute Gasteiger partial charge is 0.325 e. The van der Waals surface area contributed by atoms with Crippen molar-refractivity contribution < 1.29 is 4.79 Å². The number of rotatable bonds is 2. The van der Waals surface area contributed by atoms with Crippen molar-refractivity contribution in [3.8, 4) is 6.07 Å². The van der Waals surface area contributed by atoms with E-state index in [2.05, 4.69) is 6.07 Å². The average molecular weight is 230 g/mol. The minimum atomic E-state index is -0.504. The Morgan fingerprint density at radius 2 is 2.25 bits per heavy atom. The van der Waals surface area contributed by atoms with E-state index < -0.39 is 5.91 Å². The van der Waals surface area contributed by atoms with Crippen LogP contribution in [-0.4, -0.2) is 17.9 Å². The van der Waals surface area contributed by atoms with E-state index in [9.17, 15) is 4.79 Å². The van der Waals surface area contributed by atoms with Crippen molar-refractivity contribution in [1.82, 2.24) is 4.90 Å². The second-order valence-electron chi connectivity index (χ2n) is 3.53. The lowest BCUT2D eigenvalue weighted by Crippen LogP contribution is -2.24. The minimum Gasteiger partial charge on any atom is -0.329 e. The van der Waals surface area contributed by atoms with Crippen molar-refractivity contribution in [2.24, 2.45) is 0 Å². The van der Waals surface area contributed by atoms with Gasteiger partial charge in [0, 0.05) is 18.3 Å². The minimum absolute atomic E-state index is 0.483. The fourth-order valence-corrected chi connectivity index (χ4v) is 2.52. The van der Waals surface area contributed by atoms with Crippen LogP contribution in [0.1, 0.15) is 5.56 Å². The summed E-state index contributed by atoms with van der Waals surface area (Å²) in [7, 11) is 1.64. The average Bonchev–Trinajstić information content (AvgIpc) is 2.72. The first kappa shape index (κ1) is 10.7. The highest BCUT2D eigenvalue weighted by Crippen LogP contribution is 2.26. The Morgan fingerprint density at radius 3 is 3.00 bits per heavy atom. The Balaban J connectivity index is 2.29. The summed E-state index contributed by atoms with van der Waals surface area (Å²) in [5.41, 5.74) is 1.09. The number of benzene rings is 1. The Kier molecular flexibility index (Phi) is 2.88. The largest absolute Gasteiger partial charge is 0.329 e. The quantitative estimate of drug-likeness (QED) is 0.743. The number of thiophene rings is 1. The highest BCUT2D eigenvalue weighted by molar-refractivity contribution is 7.17. The third-order valence-corrected chi connectivity index (χ3v) is 3.42. The molecule has 2 aromatic rings. The van der Waals surface area contributed by atoms with E-state index in [1.54, 1.807) is 24.5 Å². The standard InChI is InChI=1S/C12H10N2OS/c1-14(12(15)6-13)7-9-8-16-11-5-3-2-4-10(9)11/h2-5,8H,7H2,1H3. The maximum absolute atomic E-state index is 11.1. The predicted octanol–water partition coefficient (Wildman–Crippen LogP) is 2.38. The highest BCUT2D eigenvalue weighted by atomic mass is 32.1. The predicted molar refractivity (Wildman–Crippen MR) is 63.9 cm³/mol. The molecule has 1 aromatic carbocycles. The van der Waals surface area contributed by atoms with Gasteiger partial charge in [-0.05, 0) is 22.4 Å². The fraction of sp³-hybridized carbons (Fsp3) is 0.167. The molecule has 0 saturated heterocycles. The van der Waals surface area contributed by atoms with Crippen LogP contribution >= 0.6 is 11.3 Å². The maximum atomic E-state index is 11.1. The Bertz CT molecular complexity index is 568. The molecule has 0 saturated carbocycles. The molecule has 0 fully saturated rings. The molecule has 16 heavy (non-hydrogen) atoms. The van der Waals surface area contributed by atoms with Crippen LogP contribution in [0.5, 0.6) is 0 Å². The molecule has 2 rings (SSSR count). The lowest BCUT2D eigenvalue weighted by atomic mass is 10.2. The van der Waals surface area contributed by atoms with Gasteiger partial charge >= 0.3 is 5.91 Å². The molecule has 1 amide bonds. The molecule has 80 valence electrons. The molecule has 1 aromatic heterocycles. The van der Waals surface area contributed by atoms with E-state index >= 15 is 0 Å². The van der Waals surface area contributed by atoms with Crippen LogP contribution in [0.4, 0.5) is 0 Å². The zero-order valence-corrected chi connectivity index (χ0v) is 9.62. The van der Waals surface area contributed by atoms with Gasteiger partial charge in [0.1, 0.15) is 0 Å². The number of nitrogens with zero attached hydrogens (tertiary/aromatic N) is 2. The summed E-state index contributed by atoms with van der Waals surface area (Å²) in [5, 5.41) is 11.7. The van der Waals surface area contributed by atoms with Crippen molar-refractivity contribution in [2.75, 3.05) is 7.05 Å². The monoisotopic (exact) mass is 230 g/mol. The number of carbonyl (C=O) groups excluding carboxylic acids is 1. The van der Waals surface area contributed by atoms with Crippen LogP contribution in [0.15, 0.2) is 29.6 Å². The van der Waals surface area contributed by atoms with Gasteiger partial charge in [-0.1, -0.05) is 18.2 Å². The second-order valence-corrected chi connectivity index (χ2v) is 4.44. The van der Waals surface area contributed by atoms with E-state index in [4.69, 9.17) is 5.26 Å². The molecular weight excluding hydrogens is 220 g/mol. The normalized spacial score (nSPS) is 10.0. The van der Waals surface area contributed by atoms with E-state index in [0.717, 1.165) is 10.9 Å². The molecule has 3 nitrogen and oxygen atoms in total. The van der Waals surface area contributed by atoms with Gasteiger partial charge in [0.05, 0.1) is 0 Å². The highest BCUT2D eigenvalue weighted by Gasteiger charge is 2.10. The number of amides is 1. The summed E-state index contributed by atoms with van der Waals surface area (Å²) < 4.78 is 1.20. The van der Waals surface area contributed by atoms with Gasteiger partial charge in [-0.2, -0.15) is 5.26 Å². The van der Waals surface area contributed by atoms with Crippen LogP contribution in [0.25, 0.3) is 10.1 Å². The summed E-state index contributed by atoms with van der Waals surface area (Å²) in [6, 6.07) is 9.67. The van der Waals surface area contributed by atoms with Gasteiger partial charge in [-0.25, -0.2) is 0 Å². The molecule has 0 aliphatic heterocycles. The lowest BCUT2D eigenvalue weighted by molar-refractivity contribution is -0.124. The van der Waals surface area contributed by atoms with E-state index in [1.807, 2.05) is 23.6 Å². The summed E-state index contributed by atoms with van der Waals surface area (Å²) >= 11 is 1.65. The topological polar surface area (TPSA) is 44.1 Å². The summed E-state index contributed by atoms with van der Waals surface area (Å²) in [6.45, 7) is 0.483. The van der Waals surface area contributed by atoms with E-state index in [0.29, 0.717) is 6.54 Å². The number of fused-ring (bicyclic) bond motifs is 1. The molecular formula is C12H10N2OS. The van der Waals surface area contributed by atoms with Gasteiger partial charge in [0.15, 0.2) is 6.07 Å². The van der Waals surface area contributed by atoms with Crippen molar-refractivity contribution in [1.29, 1.82) is 5.26 Å². The second kappa shape index (κ2) is 4.33. The van der Waals surface area contributed by atoms with Crippen LogP contribution in [0.2, 0.25) is 0 Å². The van der Waals surface area contributed by atoms with Gasteiger partial charge in [0.25, 0.3) is 0 Å². The summed E-state index contributed by atoms with van der Waals surface area (Å²) in [4.78, 5) is 12.6. The van der Waals surface area contributed by atoms with Gasteiger partial charge in [-0.3, -0.25) is 4.79 Å². The van der Waals surface area contributed by atoms with Crippen molar-refractivity contribution >= 4 is 27.3 Å². The molecule has 0 aliphatic rings. The van der Waals surface area contributed by atoms with Gasteiger partial charge < -0.3 is 4.90 Å². The Hall–Kier alpha value is -1.86. The number of hydrogen-bond acceptors (Lipinski definition) is 3.